The van der Waals surface area contributed by atoms with E-state index in [0.29, 0.717) is 12.1 Å². The van der Waals surface area contributed by atoms with E-state index >= 15 is 0 Å². The van der Waals surface area contributed by atoms with Crippen LogP contribution in [0.2, 0.25) is 5.54 Å². The van der Waals surface area contributed by atoms with E-state index in [0.717, 1.165) is 0 Å². The van der Waals surface area contributed by atoms with Crippen LogP contribution in [0.3, 0.4) is 0 Å². The van der Waals surface area contributed by atoms with Crippen LogP contribution in [0, 0.1) is 0 Å². The van der Waals surface area contributed by atoms with Gasteiger partial charge in [-0.2, -0.15) is 0 Å². The van der Waals surface area contributed by atoms with Gasteiger partial charge in [-0.3, -0.25) is 0 Å². The van der Waals surface area contributed by atoms with Gasteiger partial charge < -0.3 is 13.3 Å². The van der Waals surface area contributed by atoms with Crippen molar-refractivity contribution in [1.82, 2.24) is 0 Å². The lowest BCUT2D eigenvalue weighted by Crippen LogP contribution is -2.46. The van der Waals surface area contributed by atoms with Crippen LogP contribution >= 0.6 is 0 Å². The fraction of sp³-hybridized carbons (Fsp3) is 1.00. The summed E-state index contributed by atoms with van der Waals surface area (Å²) < 4.78 is 16.1. The highest BCUT2D eigenvalue weighted by Gasteiger charge is 2.42. The fourth-order valence-corrected chi connectivity index (χ4v) is 3.12. The predicted molar refractivity (Wildman–Crippen MR) is 46.5 cm³/mol. The summed E-state index contributed by atoms with van der Waals surface area (Å²) in [6, 6.07) is 0. The molecule has 11 heavy (non-hydrogen) atoms. The van der Waals surface area contributed by atoms with E-state index in [1.54, 1.807) is 14.2 Å². The van der Waals surface area contributed by atoms with Gasteiger partial charge in [-0.15, -0.1) is 0 Å². The Morgan fingerprint density at radius 1 is 1.18 bits per heavy atom. The zero-order chi connectivity index (χ0) is 8.91. The van der Waals surface area contributed by atoms with Crippen molar-refractivity contribution in [3.05, 3.63) is 0 Å². The van der Waals surface area contributed by atoms with Crippen molar-refractivity contribution in [3.8, 4) is 0 Å². The summed E-state index contributed by atoms with van der Waals surface area (Å²) in [6.45, 7) is 6.69. The molecule has 0 bridgehead atoms. The molecule has 0 fully saturated rings. The standard InChI is InChI=1S/C7H18O3Si/c1-6-10-11(8-4,9-5)7(2)3/h7H,6H2,1-5H3. The molecule has 4 heteroatoms. The molecule has 0 aromatic carbocycles. The smallest absolute Gasteiger partial charge is 0.377 e. The average molecular weight is 178 g/mol. The molecule has 0 amide bonds. The summed E-state index contributed by atoms with van der Waals surface area (Å²) in [5, 5.41) is 0. The Bertz CT molecular complexity index is 102. The summed E-state index contributed by atoms with van der Waals surface area (Å²) in [4.78, 5) is 0. The molecule has 0 unspecified atom stereocenters. The molecule has 0 aliphatic carbocycles. The quantitative estimate of drug-likeness (QED) is 0.599. The molecule has 0 saturated carbocycles. The van der Waals surface area contributed by atoms with Gasteiger partial charge in [0.25, 0.3) is 0 Å². The molecule has 0 heterocycles. The monoisotopic (exact) mass is 178 g/mol. The van der Waals surface area contributed by atoms with Crippen molar-refractivity contribution < 1.29 is 13.3 Å². The van der Waals surface area contributed by atoms with Crippen LogP contribution in [0.4, 0.5) is 0 Å². The first kappa shape index (κ1) is 11.1. The fourth-order valence-electron chi connectivity index (χ4n) is 1.04. The third kappa shape index (κ3) is 2.55. The highest BCUT2D eigenvalue weighted by Crippen LogP contribution is 2.22. The minimum atomic E-state index is -2.32. The molecule has 0 aliphatic heterocycles. The van der Waals surface area contributed by atoms with Gasteiger partial charge >= 0.3 is 8.80 Å². The normalized spacial score (nSPS) is 12.5. The molecule has 0 saturated heterocycles. The van der Waals surface area contributed by atoms with Gasteiger partial charge in [0.2, 0.25) is 0 Å². The molecule has 3 nitrogen and oxygen atoms in total. The van der Waals surface area contributed by atoms with Gasteiger partial charge in [-0.1, -0.05) is 13.8 Å². The van der Waals surface area contributed by atoms with E-state index in [-0.39, 0.29) is 0 Å². The SMILES string of the molecule is CCO[Si](OC)(OC)C(C)C. The maximum Gasteiger partial charge on any atom is 0.503 e. The molecular weight excluding hydrogens is 160 g/mol. The van der Waals surface area contributed by atoms with Gasteiger partial charge in [0, 0.05) is 26.4 Å². The van der Waals surface area contributed by atoms with Crippen molar-refractivity contribution in [2.45, 2.75) is 26.3 Å². The topological polar surface area (TPSA) is 27.7 Å². The number of hydrogen-bond donors (Lipinski definition) is 0. The first-order chi connectivity index (χ1) is 5.13. The Labute approximate surface area is 70.0 Å². The van der Waals surface area contributed by atoms with Gasteiger partial charge in [0.1, 0.15) is 0 Å². The van der Waals surface area contributed by atoms with Crippen molar-refractivity contribution in [1.29, 1.82) is 0 Å². The van der Waals surface area contributed by atoms with Crippen LogP contribution in [-0.2, 0) is 13.3 Å². The zero-order valence-electron chi connectivity index (χ0n) is 8.01. The van der Waals surface area contributed by atoms with Crippen LogP contribution < -0.4 is 0 Å². The van der Waals surface area contributed by atoms with Crippen molar-refractivity contribution in [3.63, 3.8) is 0 Å². The number of rotatable bonds is 5. The minimum Gasteiger partial charge on any atom is -0.377 e. The maximum atomic E-state index is 5.48. The predicted octanol–water partition coefficient (Wildman–Crippen LogP) is 1.66. The van der Waals surface area contributed by atoms with Crippen LogP contribution in [0.15, 0.2) is 0 Å². The minimum absolute atomic E-state index is 0.317. The van der Waals surface area contributed by atoms with Gasteiger partial charge in [0.15, 0.2) is 0 Å². The van der Waals surface area contributed by atoms with Crippen molar-refractivity contribution in [2.75, 3.05) is 20.8 Å². The summed E-state index contributed by atoms with van der Waals surface area (Å²) >= 11 is 0. The largest absolute Gasteiger partial charge is 0.503 e. The average Bonchev–Trinajstić information content (AvgIpc) is 2.00. The molecule has 0 spiro atoms. The van der Waals surface area contributed by atoms with Crippen molar-refractivity contribution in [2.24, 2.45) is 0 Å². The van der Waals surface area contributed by atoms with Crippen molar-refractivity contribution >= 4 is 8.80 Å². The second-order valence-corrected chi connectivity index (χ2v) is 6.07. The van der Waals surface area contributed by atoms with Crippen LogP contribution in [0.25, 0.3) is 0 Å². The molecule has 0 aromatic rings. The molecule has 0 rings (SSSR count). The van der Waals surface area contributed by atoms with Gasteiger partial charge in [-0.25, -0.2) is 0 Å². The Morgan fingerprint density at radius 2 is 1.64 bits per heavy atom. The summed E-state index contributed by atoms with van der Waals surface area (Å²) in [7, 11) is 0.968. The first-order valence-electron chi connectivity index (χ1n) is 3.87. The third-order valence-corrected chi connectivity index (χ3v) is 4.86. The van der Waals surface area contributed by atoms with E-state index in [2.05, 4.69) is 13.8 Å². The lowest BCUT2D eigenvalue weighted by Gasteiger charge is -2.28. The third-order valence-electron chi connectivity index (χ3n) is 1.62. The summed E-state index contributed by atoms with van der Waals surface area (Å²) in [5.41, 5.74) is 0.317. The zero-order valence-corrected chi connectivity index (χ0v) is 9.01. The molecule has 0 aromatic heterocycles. The second-order valence-electron chi connectivity index (χ2n) is 2.60. The summed E-state index contributed by atoms with van der Waals surface area (Å²) in [6.07, 6.45) is 0. The Hall–Kier alpha value is 0.0969. The highest BCUT2D eigenvalue weighted by atomic mass is 28.4. The molecular formula is C7H18O3Si. The molecule has 0 aliphatic rings. The molecule has 0 atom stereocenters. The lowest BCUT2D eigenvalue weighted by molar-refractivity contribution is 0.0959. The van der Waals surface area contributed by atoms with E-state index < -0.39 is 8.80 Å². The van der Waals surface area contributed by atoms with Crippen LogP contribution in [0.1, 0.15) is 20.8 Å². The van der Waals surface area contributed by atoms with E-state index in [9.17, 15) is 0 Å². The molecule has 0 N–H and O–H groups in total. The maximum absolute atomic E-state index is 5.48. The van der Waals surface area contributed by atoms with Gasteiger partial charge in [-0.05, 0) is 6.92 Å². The van der Waals surface area contributed by atoms with Crippen LogP contribution in [0.5, 0.6) is 0 Å². The first-order valence-corrected chi connectivity index (χ1v) is 5.67. The van der Waals surface area contributed by atoms with E-state index in [1.807, 2.05) is 6.92 Å². The molecule has 68 valence electrons. The Morgan fingerprint density at radius 3 is 1.73 bits per heavy atom. The molecule has 0 radical (unpaired) electrons. The van der Waals surface area contributed by atoms with Crippen LogP contribution in [-0.4, -0.2) is 29.6 Å². The highest BCUT2D eigenvalue weighted by molar-refractivity contribution is 6.62. The van der Waals surface area contributed by atoms with E-state index in [4.69, 9.17) is 13.3 Å². The van der Waals surface area contributed by atoms with Gasteiger partial charge in [0.05, 0.1) is 0 Å². The number of hydrogen-bond acceptors (Lipinski definition) is 3. The van der Waals surface area contributed by atoms with E-state index in [1.165, 1.54) is 0 Å². The Balaban J connectivity index is 4.20. The lowest BCUT2D eigenvalue weighted by atomic mass is 10.6. The second kappa shape index (κ2) is 4.87. The Kier molecular flexibility index (Phi) is 4.91. The summed E-state index contributed by atoms with van der Waals surface area (Å²) in [5.74, 6) is 0.